The second-order valence-electron chi connectivity index (χ2n) is 4.39. The Bertz CT molecular complexity index is 639. The first-order valence-corrected chi connectivity index (χ1v) is 8.25. The first-order valence-electron chi connectivity index (χ1n) is 5.81. The van der Waals surface area contributed by atoms with Crippen LogP contribution in [0.25, 0.3) is 10.2 Å². The Morgan fingerprint density at radius 3 is 2.75 bits per heavy atom. The maximum atomic E-state index is 12.6. The highest BCUT2D eigenvalue weighted by Gasteiger charge is 2.30. The smallest absolute Gasteiger partial charge is 0.360 e. The van der Waals surface area contributed by atoms with Crippen molar-refractivity contribution in [3.8, 4) is 0 Å². The minimum Gasteiger partial charge on any atom is -0.360 e. The predicted octanol–water partition coefficient (Wildman–Crippen LogP) is 3.49. The van der Waals surface area contributed by atoms with Gasteiger partial charge in [0.1, 0.15) is 0 Å². The molecule has 20 heavy (non-hydrogen) atoms. The number of benzene rings is 1. The van der Waals surface area contributed by atoms with Gasteiger partial charge in [-0.2, -0.15) is 13.2 Å². The third-order valence-electron chi connectivity index (χ3n) is 2.82. The third-order valence-corrected chi connectivity index (χ3v) is 5.12. The molecule has 1 aromatic carbocycles. The summed E-state index contributed by atoms with van der Waals surface area (Å²) in [6, 6.07) is 3.51. The zero-order valence-electron chi connectivity index (χ0n) is 10.8. The molecule has 0 aliphatic carbocycles. The van der Waals surface area contributed by atoms with Crippen molar-refractivity contribution in [2.24, 2.45) is 0 Å². The predicted molar refractivity (Wildman–Crippen MR) is 76.6 cm³/mol. The van der Waals surface area contributed by atoms with Crippen LogP contribution in [0.3, 0.4) is 0 Å². The van der Waals surface area contributed by atoms with E-state index in [2.05, 4.69) is 10.3 Å². The second-order valence-corrected chi connectivity index (χ2v) is 7.22. The molecule has 2 aromatic rings. The second kappa shape index (κ2) is 5.69. The number of anilines is 1. The molecule has 1 heterocycles. The van der Waals surface area contributed by atoms with Gasteiger partial charge >= 0.3 is 6.18 Å². The van der Waals surface area contributed by atoms with Gasteiger partial charge in [0.05, 0.1) is 15.8 Å². The Hall–Kier alpha value is -1.15. The zero-order valence-corrected chi connectivity index (χ0v) is 12.5. The number of rotatable bonds is 4. The Labute approximate surface area is 120 Å². The van der Waals surface area contributed by atoms with Crippen LogP contribution >= 0.6 is 11.3 Å². The quantitative estimate of drug-likeness (QED) is 0.937. The van der Waals surface area contributed by atoms with E-state index in [4.69, 9.17) is 0 Å². The van der Waals surface area contributed by atoms with E-state index >= 15 is 0 Å². The number of hydrogen-bond donors (Lipinski definition) is 1. The summed E-state index contributed by atoms with van der Waals surface area (Å²) in [5.74, 6) is 0. The van der Waals surface area contributed by atoms with Gasteiger partial charge in [0.25, 0.3) is 0 Å². The molecule has 0 aliphatic rings. The van der Waals surface area contributed by atoms with Gasteiger partial charge in [-0.05, 0) is 25.1 Å². The van der Waals surface area contributed by atoms with Crippen LogP contribution in [0, 0.1) is 0 Å². The van der Waals surface area contributed by atoms with Gasteiger partial charge in [0.15, 0.2) is 5.13 Å². The molecule has 0 aliphatic heterocycles. The number of alkyl halides is 3. The van der Waals surface area contributed by atoms with Gasteiger partial charge in [-0.1, -0.05) is 11.3 Å². The first-order chi connectivity index (χ1) is 9.27. The molecule has 0 saturated carbocycles. The Kier molecular flexibility index (Phi) is 4.33. The van der Waals surface area contributed by atoms with Crippen LogP contribution in [0.2, 0.25) is 0 Å². The number of fused-ring (bicyclic) bond motifs is 1. The molecular weight excluding hydrogens is 309 g/mol. The van der Waals surface area contributed by atoms with Gasteiger partial charge in [-0.15, -0.1) is 0 Å². The molecule has 0 bridgehead atoms. The summed E-state index contributed by atoms with van der Waals surface area (Å²) >= 11 is 1.28. The summed E-state index contributed by atoms with van der Waals surface area (Å²) in [6.07, 6.45) is -2.75. The summed E-state index contributed by atoms with van der Waals surface area (Å²) in [4.78, 5) is 4.13. The van der Waals surface area contributed by atoms with Crippen LogP contribution in [0.5, 0.6) is 0 Å². The Morgan fingerprint density at radius 2 is 2.15 bits per heavy atom. The minimum atomic E-state index is -4.36. The van der Waals surface area contributed by atoms with Crippen LogP contribution in [-0.2, 0) is 17.0 Å². The van der Waals surface area contributed by atoms with Gasteiger partial charge in [0.2, 0.25) is 0 Å². The zero-order chi connectivity index (χ0) is 14.9. The maximum absolute atomic E-state index is 12.6. The van der Waals surface area contributed by atoms with Gasteiger partial charge in [-0.25, -0.2) is 4.98 Å². The molecule has 1 aromatic heterocycles. The summed E-state index contributed by atoms with van der Waals surface area (Å²) in [5.41, 5.74) is -0.387. The van der Waals surface area contributed by atoms with E-state index in [1.165, 1.54) is 17.4 Å². The van der Waals surface area contributed by atoms with E-state index in [9.17, 15) is 17.4 Å². The van der Waals surface area contributed by atoms with E-state index < -0.39 is 22.5 Å². The standard InChI is InChI=1S/C12H13F3N2OS2/c1-7(20(2)18)6-16-11-17-9-5-8(12(13,14)15)3-4-10(9)19-11/h3-5,7H,6H2,1-2H3,(H,16,17). The lowest BCUT2D eigenvalue weighted by Crippen LogP contribution is -2.20. The van der Waals surface area contributed by atoms with Crippen LogP contribution in [0.1, 0.15) is 12.5 Å². The number of nitrogens with one attached hydrogen (secondary N) is 1. The molecule has 0 fully saturated rings. The average molecular weight is 322 g/mol. The molecule has 2 rings (SSSR count). The molecule has 8 heteroatoms. The van der Waals surface area contributed by atoms with Crippen LogP contribution in [0.15, 0.2) is 18.2 Å². The molecule has 0 saturated heterocycles. The van der Waals surface area contributed by atoms with Crippen molar-refractivity contribution < 1.29 is 17.4 Å². The van der Waals surface area contributed by atoms with Crippen molar-refractivity contribution >= 4 is 37.5 Å². The molecule has 1 N–H and O–H groups in total. The first kappa shape index (κ1) is 15.2. The van der Waals surface area contributed by atoms with Gasteiger partial charge in [0, 0.05) is 28.9 Å². The van der Waals surface area contributed by atoms with Crippen LogP contribution < -0.4 is 5.32 Å². The fourth-order valence-corrected chi connectivity index (χ4v) is 2.70. The van der Waals surface area contributed by atoms with E-state index in [0.29, 0.717) is 21.9 Å². The van der Waals surface area contributed by atoms with Crippen molar-refractivity contribution in [2.75, 3.05) is 18.1 Å². The molecule has 2 atom stereocenters. The molecule has 2 unspecified atom stereocenters. The molecule has 3 nitrogen and oxygen atoms in total. The highest BCUT2D eigenvalue weighted by Crippen LogP contribution is 2.33. The van der Waals surface area contributed by atoms with Gasteiger partial charge < -0.3 is 5.32 Å². The summed E-state index contributed by atoms with van der Waals surface area (Å²) in [5, 5.41) is 3.50. The number of hydrogen-bond acceptors (Lipinski definition) is 4. The topological polar surface area (TPSA) is 42.0 Å². The average Bonchev–Trinajstić information content (AvgIpc) is 2.76. The fourth-order valence-electron chi connectivity index (χ4n) is 1.53. The SMILES string of the molecule is CC(CNc1nc2cc(C(F)(F)F)ccc2s1)S(C)=O. The largest absolute Gasteiger partial charge is 0.416 e. The Balaban J connectivity index is 2.19. The minimum absolute atomic E-state index is 0.0484. The van der Waals surface area contributed by atoms with Crippen molar-refractivity contribution in [1.82, 2.24) is 4.98 Å². The lowest BCUT2D eigenvalue weighted by Gasteiger charge is -2.07. The summed E-state index contributed by atoms with van der Waals surface area (Å²) in [7, 11) is -0.952. The molecule has 0 spiro atoms. The van der Waals surface area contributed by atoms with Crippen LogP contribution in [0.4, 0.5) is 18.3 Å². The van der Waals surface area contributed by atoms with Crippen molar-refractivity contribution in [3.63, 3.8) is 0 Å². The monoisotopic (exact) mass is 322 g/mol. The van der Waals surface area contributed by atoms with E-state index in [1.807, 2.05) is 6.92 Å². The molecule has 0 amide bonds. The highest BCUT2D eigenvalue weighted by molar-refractivity contribution is 7.84. The van der Waals surface area contributed by atoms with Crippen molar-refractivity contribution in [2.45, 2.75) is 18.3 Å². The number of aromatic nitrogens is 1. The number of halogens is 3. The lowest BCUT2D eigenvalue weighted by molar-refractivity contribution is -0.137. The lowest BCUT2D eigenvalue weighted by atomic mass is 10.2. The molecule has 0 radical (unpaired) electrons. The summed E-state index contributed by atoms with van der Waals surface area (Å²) in [6.45, 7) is 2.30. The molecule has 110 valence electrons. The van der Waals surface area contributed by atoms with Crippen molar-refractivity contribution in [1.29, 1.82) is 0 Å². The third kappa shape index (κ3) is 3.49. The van der Waals surface area contributed by atoms with E-state index in [0.717, 1.165) is 12.1 Å². The Morgan fingerprint density at radius 1 is 1.45 bits per heavy atom. The maximum Gasteiger partial charge on any atom is 0.416 e. The van der Waals surface area contributed by atoms with Gasteiger partial charge in [-0.3, -0.25) is 4.21 Å². The van der Waals surface area contributed by atoms with Crippen molar-refractivity contribution in [3.05, 3.63) is 23.8 Å². The van der Waals surface area contributed by atoms with E-state index in [-0.39, 0.29) is 5.25 Å². The summed E-state index contributed by atoms with van der Waals surface area (Å²) < 4.78 is 49.7. The fraction of sp³-hybridized carbons (Fsp3) is 0.417. The number of thiazole rings is 1. The normalized spacial score (nSPS) is 15.2. The highest BCUT2D eigenvalue weighted by atomic mass is 32.2. The molecular formula is C12H13F3N2OS2. The van der Waals surface area contributed by atoms with Crippen LogP contribution in [-0.4, -0.2) is 27.2 Å². The van der Waals surface area contributed by atoms with E-state index in [1.54, 1.807) is 6.26 Å². The number of nitrogens with zero attached hydrogens (tertiary/aromatic N) is 1.